The molecular weight excluding hydrogens is 893 g/mol. The fourth-order valence-corrected chi connectivity index (χ4v) is 9.87. The number of aliphatic carboxylic acids is 1. The van der Waals surface area contributed by atoms with Crippen molar-refractivity contribution < 1.29 is 78.6 Å². The van der Waals surface area contributed by atoms with Crippen molar-refractivity contribution in [3.05, 3.63) is 30.2 Å². The molecule has 2 amide bonds. The average Bonchev–Trinajstić information content (AvgIpc) is 3.81. The van der Waals surface area contributed by atoms with Gasteiger partial charge in [-0.05, 0) is 56.9 Å². The Balaban J connectivity index is 1.19. The minimum Gasteiger partial charge on any atom is -0.479 e. The summed E-state index contributed by atoms with van der Waals surface area (Å²) in [5.41, 5.74) is 1.36. The first-order chi connectivity index (χ1) is 32.6. The topological polar surface area (TPSA) is 324 Å². The van der Waals surface area contributed by atoms with E-state index in [0.29, 0.717) is 37.1 Å². The van der Waals surface area contributed by atoms with Gasteiger partial charge in [0.25, 0.3) is 5.91 Å². The number of carboxylic acid groups (broad SMARTS) is 1. The number of hydrogen-bond acceptors (Lipinski definition) is 18. The SMILES string of the molecule is CCC1CC(C(=O)CCCNC(=O)c2cncc(-c3cn(CCCO)nn3)c2)C[C@@H](O[C@@H]2O[C@@H](CO)[C@H](O)C(O[C@@H](CC3CCCCC3)C(=O)O)C2NC(C)=O)[C@@H]1O[C@@H]1OC(C)[C@@H](O)[C@H](O)C1O. The predicted octanol–water partition coefficient (Wildman–Crippen LogP) is 0.227. The third kappa shape index (κ3) is 13.6. The van der Waals surface area contributed by atoms with Gasteiger partial charge in [-0.3, -0.25) is 24.0 Å². The molecule has 9 N–H and O–H groups in total. The van der Waals surface area contributed by atoms with Crippen molar-refractivity contribution in [1.29, 1.82) is 0 Å². The van der Waals surface area contributed by atoms with Crippen LogP contribution < -0.4 is 10.6 Å². The molecule has 6 rings (SSSR count). The van der Waals surface area contributed by atoms with Crippen LogP contribution >= 0.6 is 0 Å². The molecule has 2 aromatic heterocycles. The molecule has 2 aromatic rings. The molecule has 22 heteroatoms. The van der Waals surface area contributed by atoms with Gasteiger partial charge in [-0.2, -0.15) is 0 Å². The van der Waals surface area contributed by atoms with Gasteiger partial charge in [-0.15, -0.1) is 5.10 Å². The average molecular weight is 963 g/mol. The number of aliphatic hydroxyl groups is 6. The summed E-state index contributed by atoms with van der Waals surface area (Å²) in [6.45, 7) is 4.52. The first-order valence-corrected chi connectivity index (χ1v) is 24.0. The molecule has 15 atom stereocenters. The molecule has 22 nitrogen and oxygen atoms in total. The van der Waals surface area contributed by atoms with Crippen molar-refractivity contribution >= 4 is 23.6 Å². The summed E-state index contributed by atoms with van der Waals surface area (Å²) in [6.07, 6.45) is -5.30. The fraction of sp³-hybridized carbons (Fsp3) is 0.761. The second kappa shape index (κ2) is 25.2. The van der Waals surface area contributed by atoms with Crippen LogP contribution in [0.4, 0.5) is 0 Å². The van der Waals surface area contributed by atoms with E-state index in [0.717, 1.165) is 32.1 Å². The summed E-state index contributed by atoms with van der Waals surface area (Å²) >= 11 is 0. The molecule has 4 aliphatic rings. The second-order valence-electron chi connectivity index (χ2n) is 18.6. The van der Waals surface area contributed by atoms with Crippen LogP contribution in [0.25, 0.3) is 11.3 Å². The third-order valence-electron chi connectivity index (χ3n) is 13.7. The van der Waals surface area contributed by atoms with E-state index in [1.807, 2.05) is 6.92 Å². The summed E-state index contributed by atoms with van der Waals surface area (Å²) in [5.74, 6) is -3.38. The standard InChI is InChI=1S/C46H70N6O16/c1-4-27-17-28(32(56)12-8-13-48-43(61)30-18-29(20-47-21-30)31-22-52(51-50-31)14-9-15-53)19-33(41(27)68-46-40(60)39(59)37(57)24(2)64-46)66-45-36(49-25(3)55)42(38(58)35(23-54)67-45)65-34(44(62)63)16-26-10-6-5-7-11-26/h18,20-22,24,26-28,33-42,45-46,53-54,57-60H,4-17,19,23H2,1-3H3,(H,48,61)(H,49,55)(H,62,63)/t24?,27?,28?,33-,34+,35+,36?,37-,38+,39+,40?,41-,42?,45-,46+/m1/s1. The molecule has 2 saturated heterocycles. The van der Waals surface area contributed by atoms with Gasteiger partial charge in [0.05, 0.1) is 36.7 Å². The predicted molar refractivity (Wildman–Crippen MR) is 237 cm³/mol. The molecule has 6 unspecified atom stereocenters. The van der Waals surface area contributed by atoms with Crippen LogP contribution in [0.3, 0.4) is 0 Å². The molecule has 0 spiro atoms. The Morgan fingerprint density at radius 3 is 2.38 bits per heavy atom. The lowest BCUT2D eigenvalue weighted by Crippen LogP contribution is -2.67. The van der Waals surface area contributed by atoms with Crippen LogP contribution in [-0.4, -0.2) is 179 Å². The summed E-state index contributed by atoms with van der Waals surface area (Å²) in [4.78, 5) is 56.9. The molecular formula is C46H70N6O16. The molecule has 0 bridgehead atoms. The Morgan fingerprint density at radius 2 is 1.69 bits per heavy atom. The van der Waals surface area contributed by atoms with E-state index in [1.54, 1.807) is 23.1 Å². The van der Waals surface area contributed by atoms with Gasteiger partial charge in [0.2, 0.25) is 5.91 Å². The van der Waals surface area contributed by atoms with Crippen LogP contribution in [0.1, 0.15) is 108 Å². The van der Waals surface area contributed by atoms with Crippen LogP contribution in [0.2, 0.25) is 0 Å². The number of aryl methyl sites for hydroxylation is 1. The van der Waals surface area contributed by atoms with Crippen molar-refractivity contribution in [1.82, 2.24) is 30.6 Å². The molecule has 68 heavy (non-hydrogen) atoms. The highest BCUT2D eigenvalue weighted by Gasteiger charge is 2.53. The zero-order valence-electron chi connectivity index (χ0n) is 39.0. The van der Waals surface area contributed by atoms with E-state index in [-0.39, 0.29) is 56.1 Å². The molecule has 0 radical (unpaired) electrons. The van der Waals surface area contributed by atoms with Gasteiger partial charge in [0.1, 0.15) is 54.1 Å². The molecule has 4 fully saturated rings. The molecule has 2 saturated carbocycles. The number of nitrogens with one attached hydrogen (secondary N) is 2. The van der Waals surface area contributed by atoms with Crippen LogP contribution in [0, 0.1) is 17.8 Å². The van der Waals surface area contributed by atoms with Crippen molar-refractivity contribution in [3.8, 4) is 11.3 Å². The van der Waals surface area contributed by atoms with Crippen LogP contribution in [0.15, 0.2) is 24.7 Å². The maximum atomic E-state index is 14.1. The number of aliphatic hydroxyl groups excluding tert-OH is 6. The Hall–Kier alpha value is -4.07. The highest BCUT2D eigenvalue weighted by atomic mass is 16.7. The number of nitrogens with zero attached hydrogens (tertiary/aromatic N) is 4. The Bertz CT molecular complexity index is 1950. The number of aromatic nitrogens is 4. The van der Waals surface area contributed by atoms with E-state index in [2.05, 4.69) is 25.9 Å². The number of ether oxygens (including phenoxy) is 5. The smallest absolute Gasteiger partial charge is 0.332 e. The van der Waals surface area contributed by atoms with E-state index >= 15 is 0 Å². The van der Waals surface area contributed by atoms with Gasteiger partial charge >= 0.3 is 5.97 Å². The van der Waals surface area contributed by atoms with Gasteiger partial charge in [-0.25, -0.2) is 4.79 Å². The summed E-state index contributed by atoms with van der Waals surface area (Å²) in [7, 11) is 0. The van der Waals surface area contributed by atoms with Crippen molar-refractivity contribution in [3.63, 3.8) is 0 Å². The Labute approximate surface area is 395 Å². The molecule has 0 aromatic carbocycles. The summed E-state index contributed by atoms with van der Waals surface area (Å²) < 4.78 is 32.9. The van der Waals surface area contributed by atoms with Gasteiger partial charge in [-0.1, -0.05) is 50.7 Å². The second-order valence-corrected chi connectivity index (χ2v) is 18.6. The maximum absolute atomic E-state index is 14.1. The van der Waals surface area contributed by atoms with E-state index < -0.39 is 116 Å². The number of ketones is 1. The number of amides is 2. The summed E-state index contributed by atoms with van der Waals surface area (Å²) in [5, 5.41) is 87.2. The monoisotopic (exact) mass is 962 g/mol. The van der Waals surface area contributed by atoms with Crippen molar-refractivity contribution in [2.45, 2.75) is 184 Å². The number of rotatable bonds is 22. The van der Waals surface area contributed by atoms with Crippen molar-refractivity contribution in [2.75, 3.05) is 19.8 Å². The molecule has 2 aliphatic heterocycles. The maximum Gasteiger partial charge on any atom is 0.332 e. The van der Waals surface area contributed by atoms with E-state index in [4.69, 9.17) is 28.8 Å². The lowest BCUT2D eigenvalue weighted by molar-refractivity contribution is -0.338. The molecule has 380 valence electrons. The number of carbonyl (C=O) groups excluding carboxylic acids is 3. The number of Topliss-reactive ketones (excluding diaryl/α,β-unsaturated/α-hetero) is 1. The Kier molecular flexibility index (Phi) is 19.7. The lowest BCUT2D eigenvalue weighted by Gasteiger charge is -2.49. The lowest BCUT2D eigenvalue weighted by atomic mass is 9.74. The number of hydrogen-bond donors (Lipinski definition) is 9. The highest BCUT2D eigenvalue weighted by Crippen LogP contribution is 2.40. The van der Waals surface area contributed by atoms with Crippen molar-refractivity contribution in [2.24, 2.45) is 17.8 Å². The third-order valence-corrected chi connectivity index (χ3v) is 13.7. The van der Waals surface area contributed by atoms with Gasteiger partial charge in [0, 0.05) is 56.9 Å². The normalized spacial score (nSPS) is 32.8. The quantitative estimate of drug-likeness (QED) is 0.0713. The van der Waals surface area contributed by atoms with Gasteiger partial charge < -0.3 is 70.1 Å². The minimum atomic E-state index is -1.67. The van der Waals surface area contributed by atoms with E-state index in [9.17, 15) is 49.8 Å². The first-order valence-electron chi connectivity index (χ1n) is 24.0. The van der Waals surface area contributed by atoms with E-state index in [1.165, 1.54) is 20.0 Å². The molecule has 4 heterocycles. The largest absolute Gasteiger partial charge is 0.479 e. The van der Waals surface area contributed by atoms with Crippen LogP contribution in [0.5, 0.6) is 0 Å². The Morgan fingerprint density at radius 1 is 0.926 bits per heavy atom. The van der Waals surface area contributed by atoms with Crippen LogP contribution in [-0.2, 0) is 44.6 Å². The number of carbonyl (C=O) groups is 4. The highest BCUT2D eigenvalue weighted by molar-refractivity contribution is 5.95. The zero-order valence-corrected chi connectivity index (χ0v) is 39.0. The first kappa shape index (κ1) is 53.3. The number of carboxylic acids is 1. The summed E-state index contributed by atoms with van der Waals surface area (Å²) in [6, 6.07) is 0.307. The minimum absolute atomic E-state index is 0.00925. The zero-order chi connectivity index (χ0) is 49.1. The fourth-order valence-electron chi connectivity index (χ4n) is 9.87. The molecule has 2 aliphatic carbocycles. The van der Waals surface area contributed by atoms with Gasteiger partial charge in [0.15, 0.2) is 18.7 Å². The number of pyridine rings is 1.